The molecule has 80 valence electrons. The average molecular weight is 213 g/mol. The Labute approximate surface area is 92.4 Å². The van der Waals surface area contributed by atoms with Gasteiger partial charge < -0.3 is 0 Å². The zero-order valence-electron chi connectivity index (χ0n) is 9.12. The fourth-order valence-electron chi connectivity index (χ4n) is 1.85. The van der Waals surface area contributed by atoms with Gasteiger partial charge in [-0.3, -0.25) is 0 Å². The van der Waals surface area contributed by atoms with Crippen LogP contribution in [-0.2, 0) is 0 Å². The van der Waals surface area contributed by atoms with Gasteiger partial charge in [0.25, 0.3) is 0 Å². The van der Waals surface area contributed by atoms with Crippen LogP contribution in [0.3, 0.4) is 0 Å². The fourth-order valence-corrected chi connectivity index (χ4v) is 1.85. The first-order valence-electron chi connectivity index (χ1n) is 5.08. The Balaban J connectivity index is 2.33. The van der Waals surface area contributed by atoms with Crippen LogP contribution in [0.15, 0.2) is 30.7 Å². The van der Waals surface area contributed by atoms with Crippen molar-refractivity contribution in [3.63, 3.8) is 0 Å². The number of hydrogen-bond acceptors (Lipinski definition) is 3. The van der Waals surface area contributed by atoms with E-state index in [4.69, 9.17) is 0 Å². The largest absolute Gasteiger partial charge is 0.236 e. The van der Waals surface area contributed by atoms with Gasteiger partial charge in [0.1, 0.15) is 5.52 Å². The molecule has 3 aromatic rings. The van der Waals surface area contributed by atoms with Crippen LogP contribution >= 0.6 is 0 Å². The molecule has 0 spiro atoms. The molecule has 3 heterocycles. The lowest BCUT2D eigenvalue weighted by Crippen LogP contribution is -2.04. The van der Waals surface area contributed by atoms with Crippen molar-refractivity contribution >= 4 is 5.52 Å². The van der Waals surface area contributed by atoms with E-state index in [1.807, 2.05) is 36.9 Å². The van der Waals surface area contributed by atoms with Crippen molar-refractivity contribution in [3.05, 3.63) is 42.1 Å². The molecule has 0 fully saturated rings. The summed E-state index contributed by atoms with van der Waals surface area (Å²) in [5, 5.41) is 8.60. The first-order chi connectivity index (χ1) is 7.75. The average Bonchev–Trinajstić information content (AvgIpc) is 2.84. The highest BCUT2D eigenvalue weighted by Gasteiger charge is 2.09. The number of rotatable bonds is 1. The summed E-state index contributed by atoms with van der Waals surface area (Å²) < 4.78 is 3.63. The minimum atomic E-state index is 0.811. The third-order valence-electron chi connectivity index (χ3n) is 2.51. The van der Waals surface area contributed by atoms with E-state index < -0.39 is 0 Å². The molecule has 0 aliphatic heterocycles. The Hall–Kier alpha value is -2.17. The number of nitrogens with zero attached hydrogens (tertiary/aromatic N) is 5. The molecule has 0 aliphatic rings. The summed E-state index contributed by atoms with van der Waals surface area (Å²) in [4.78, 5) is 4.36. The molecule has 0 atom stereocenters. The Morgan fingerprint density at radius 1 is 1.19 bits per heavy atom. The Morgan fingerprint density at radius 2 is 2.06 bits per heavy atom. The summed E-state index contributed by atoms with van der Waals surface area (Å²) in [6.45, 7) is 3.99. The molecular weight excluding hydrogens is 202 g/mol. The highest BCUT2D eigenvalue weighted by atomic mass is 15.3. The van der Waals surface area contributed by atoms with Crippen molar-refractivity contribution in [1.29, 1.82) is 0 Å². The molecule has 5 heteroatoms. The van der Waals surface area contributed by atoms with Crippen LogP contribution in [0.5, 0.6) is 0 Å². The van der Waals surface area contributed by atoms with Gasteiger partial charge in [-0.2, -0.15) is 10.2 Å². The second-order valence-electron chi connectivity index (χ2n) is 3.75. The first-order valence-corrected chi connectivity index (χ1v) is 5.08. The third-order valence-corrected chi connectivity index (χ3v) is 2.51. The molecule has 0 amide bonds. The SMILES string of the molecule is Cc1cc(C)n(-c2nccn3nccc23)n1. The van der Waals surface area contributed by atoms with E-state index in [-0.39, 0.29) is 0 Å². The first kappa shape index (κ1) is 9.08. The molecule has 3 aromatic heterocycles. The van der Waals surface area contributed by atoms with Gasteiger partial charge in [0.15, 0.2) is 5.82 Å². The minimum Gasteiger partial charge on any atom is -0.236 e. The van der Waals surface area contributed by atoms with Crippen molar-refractivity contribution in [2.24, 2.45) is 0 Å². The Morgan fingerprint density at radius 3 is 2.81 bits per heavy atom. The third kappa shape index (κ3) is 1.21. The molecular formula is C11H11N5. The zero-order chi connectivity index (χ0) is 11.1. The van der Waals surface area contributed by atoms with Crippen molar-refractivity contribution < 1.29 is 0 Å². The lowest BCUT2D eigenvalue weighted by Gasteiger charge is -2.04. The maximum atomic E-state index is 4.42. The van der Waals surface area contributed by atoms with Gasteiger partial charge in [-0.15, -0.1) is 0 Å². The number of hydrogen-bond donors (Lipinski definition) is 0. The van der Waals surface area contributed by atoms with Crippen molar-refractivity contribution in [2.45, 2.75) is 13.8 Å². The molecule has 0 N–H and O–H groups in total. The predicted molar refractivity (Wildman–Crippen MR) is 59.6 cm³/mol. The molecule has 0 aliphatic carbocycles. The van der Waals surface area contributed by atoms with E-state index in [2.05, 4.69) is 15.2 Å². The smallest absolute Gasteiger partial charge is 0.179 e. The lowest BCUT2D eigenvalue weighted by molar-refractivity contribution is 0.798. The molecule has 0 bridgehead atoms. The molecule has 5 nitrogen and oxygen atoms in total. The quantitative estimate of drug-likeness (QED) is 0.616. The van der Waals surface area contributed by atoms with Crippen LogP contribution in [0.2, 0.25) is 0 Å². The summed E-state index contributed by atoms with van der Waals surface area (Å²) in [5.41, 5.74) is 3.01. The second kappa shape index (κ2) is 3.16. The molecule has 0 radical (unpaired) electrons. The van der Waals surface area contributed by atoms with Gasteiger partial charge >= 0.3 is 0 Å². The summed E-state index contributed by atoms with van der Waals surface area (Å²) in [6.07, 6.45) is 5.31. The van der Waals surface area contributed by atoms with Crippen LogP contribution in [0.4, 0.5) is 0 Å². The number of aromatic nitrogens is 5. The van der Waals surface area contributed by atoms with E-state index in [9.17, 15) is 0 Å². The molecule has 16 heavy (non-hydrogen) atoms. The summed E-state index contributed by atoms with van der Waals surface area (Å²) >= 11 is 0. The normalized spacial score (nSPS) is 11.1. The summed E-state index contributed by atoms with van der Waals surface area (Å²) in [6, 6.07) is 3.96. The molecule has 0 unspecified atom stereocenters. The maximum Gasteiger partial charge on any atom is 0.179 e. The van der Waals surface area contributed by atoms with Gasteiger partial charge in [-0.1, -0.05) is 0 Å². The monoisotopic (exact) mass is 213 g/mol. The van der Waals surface area contributed by atoms with Crippen LogP contribution in [0.25, 0.3) is 11.3 Å². The van der Waals surface area contributed by atoms with Gasteiger partial charge in [0.2, 0.25) is 0 Å². The minimum absolute atomic E-state index is 0.811. The maximum absolute atomic E-state index is 4.42. The van der Waals surface area contributed by atoms with Crippen molar-refractivity contribution in [2.75, 3.05) is 0 Å². The lowest BCUT2D eigenvalue weighted by atomic mass is 10.4. The Bertz CT molecular complexity index is 649. The highest BCUT2D eigenvalue weighted by Crippen LogP contribution is 2.14. The topological polar surface area (TPSA) is 48.0 Å². The van der Waals surface area contributed by atoms with Crippen molar-refractivity contribution in [1.82, 2.24) is 24.4 Å². The van der Waals surface area contributed by atoms with Crippen LogP contribution in [-0.4, -0.2) is 24.4 Å². The number of aryl methyl sites for hydroxylation is 2. The summed E-state index contributed by atoms with van der Waals surface area (Å²) in [7, 11) is 0. The summed E-state index contributed by atoms with van der Waals surface area (Å²) in [5.74, 6) is 0.811. The molecule has 0 saturated heterocycles. The van der Waals surface area contributed by atoms with Crippen LogP contribution in [0, 0.1) is 13.8 Å². The molecule has 0 saturated carbocycles. The Kier molecular flexibility index (Phi) is 1.80. The van der Waals surface area contributed by atoms with Gasteiger partial charge in [0.05, 0.1) is 11.9 Å². The van der Waals surface area contributed by atoms with E-state index in [0.717, 1.165) is 22.7 Å². The fraction of sp³-hybridized carbons (Fsp3) is 0.182. The van der Waals surface area contributed by atoms with E-state index in [1.165, 1.54) is 0 Å². The highest BCUT2D eigenvalue weighted by molar-refractivity contribution is 5.59. The van der Waals surface area contributed by atoms with Crippen molar-refractivity contribution in [3.8, 4) is 5.82 Å². The molecule has 3 rings (SSSR count). The van der Waals surface area contributed by atoms with Gasteiger partial charge in [-0.25, -0.2) is 14.2 Å². The second-order valence-corrected chi connectivity index (χ2v) is 3.75. The van der Waals surface area contributed by atoms with Crippen LogP contribution in [0.1, 0.15) is 11.4 Å². The predicted octanol–water partition coefficient (Wildman–Crippen LogP) is 1.53. The van der Waals surface area contributed by atoms with E-state index in [1.54, 1.807) is 16.9 Å². The van der Waals surface area contributed by atoms with Crippen LogP contribution < -0.4 is 0 Å². The van der Waals surface area contributed by atoms with Gasteiger partial charge in [0, 0.05) is 18.1 Å². The standard InChI is InChI=1S/C11H11N5/c1-8-7-9(2)16(14-8)11-10-3-4-13-15(10)6-5-12-11/h3-7H,1-2H3. The molecule has 0 aromatic carbocycles. The zero-order valence-corrected chi connectivity index (χ0v) is 9.12. The van der Waals surface area contributed by atoms with E-state index >= 15 is 0 Å². The number of fused-ring (bicyclic) bond motifs is 1. The van der Waals surface area contributed by atoms with E-state index in [0.29, 0.717) is 0 Å². The van der Waals surface area contributed by atoms with Gasteiger partial charge in [-0.05, 0) is 26.0 Å².